The van der Waals surface area contributed by atoms with E-state index in [1.807, 2.05) is 18.2 Å². The summed E-state index contributed by atoms with van der Waals surface area (Å²) in [5.41, 5.74) is 1.06. The standard InChI is InChI=1S/C21H24N4O2/c1-16(25-12-6-11-22-25)21(27)24(3)15-20(26)23(2)14-17-9-10-18-7-4-5-8-19(18)13-17/h4-13,16H,14-15H2,1-3H3/t16-/m0/s1. The second-order valence-electron chi connectivity index (χ2n) is 6.79. The Bertz CT molecular complexity index is 936. The molecule has 0 N–H and O–H groups in total. The van der Waals surface area contributed by atoms with Gasteiger partial charge >= 0.3 is 0 Å². The molecule has 1 heterocycles. The molecule has 1 aromatic heterocycles. The van der Waals surface area contributed by atoms with E-state index in [0.717, 1.165) is 10.9 Å². The van der Waals surface area contributed by atoms with Gasteiger partial charge in [-0.2, -0.15) is 5.10 Å². The fourth-order valence-corrected chi connectivity index (χ4v) is 3.04. The Labute approximate surface area is 159 Å². The number of benzene rings is 2. The Hall–Kier alpha value is -3.15. The molecular formula is C21H24N4O2. The third-order valence-corrected chi connectivity index (χ3v) is 4.69. The highest BCUT2D eigenvalue weighted by Gasteiger charge is 2.22. The summed E-state index contributed by atoms with van der Waals surface area (Å²) in [4.78, 5) is 28.1. The van der Waals surface area contributed by atoms with Crippen LogP contribution in [0.15, 0.2) is 60.9 Å². The maximum Gasteiger partial charge on any atom is 0.247 e. The predicted molar refractivity (Wildman–Crippen MR) is 105 cm³/mol. The van der Waals surface area contributed by atoms with Crippen molar-refractivity contribution in [1.29, 1.82) is 0 Å². The largest absolute Gasteiger partial charge is 0.340 e. The molecule has 0 unspecified atom stereocenters. The molecule has 3 aromatic rings. The molecule has 0 aliphatic carbocycles. The van der Waals surface area contributed by atoms with E-state index in [0.29, 0.717) is 6.54 Å². The first kappa shape index (κ1) is 18.6. The molecule has 0 bridgehead atoms. The fourth-order valence-electron chi connectivity index (χ4n) is 3.04. The molecule has 6 nitrogen and oxygen atoms in total. The van der Waals surface area contributed by atoms with Crippen molar-refractivity contribution in [3.05, 3.63) is 66.5 Å². The number of hydrogen-bond acceptors (Lipinski definition) is 3. The SMILES string of the molecule is C[C@@H](C(=O)N(C)CC(=O)N(C)Cc1ccc2ccccc2c1)n1cccn1. The van der Waals surface area contributed by atoms with Crippen molar-refractivity contribution in [2.75, 3.05) is 20.6 Å². The number of carbonyl (C=O) groups excluding carboxylic acids is 2. The van der Waals surface area contributed by atoms with Crippen LogP contribution < -0.4 is 0 Å². The predicted octanol–water partition coefficient (Wildman–Crippen LogP) is 2.71. The molecule has 0 fully saturated rings. The summed E-state index contributed by atoms with van der Waals surface area (Å²) >= 11 is 0. The molecular weight excluding hydrogens is 340 g/mol. The van der Waals surface area contributed by atoms with E-state index >= 15 is 0 Å². The van der Waals surface area contributed by atoms with E-state index in [4.69, 9.17) is 0 Å². The van der Waals surface area contributed by atoms with Crippen LogP contribution >= 0.6 is 0 Å². The fraction of sp³-hybridized carbons (Fsp3) is 0.286. The van der Waals surface area contributed by atoms with Gasteiger partial charge in [0.1, 0.15) is 6.04 Å². The Morgan fingerprint density at radius 3 is 2.48 bits per heavy atom. The highest BCUT2D eigenvalue weighted by atomic mass is 16.2. The van der Waals surface area contributed by atoms with Gasteiger partial charge in [-0.3, -0.25) is 14.3 Å². The number of carbonyl (C=O) groups is 2. The monoisotopic (exact) mass is 364 g/mol. The summed E-state index contributed by atoms with van der Waals surface area (Å²) in [5, 5.41) is 6.41. The lowest BCUT2D eigenvalue weighted by Gasteiger charge is -2.24. The Balaban J connectivity index is 1.60. The molecule has 0 aliphatic heterocycles. The lowest BCUT2D eigenvalue weighted by molar-refractivity contribution is -0.140. The average Bonchev–Trinajstić information content (AvgIpc) is 3.21. The molecule has 1 atom stereocenters. The summed E-state index contributed by atoms with van der Waals surface area (Å²) in [6, 6.07) is 15.6. The summed E-state index contributed by atoms with van der Waals surface area (Å²) in [6.07, 6.45) is 3.37. The lowest BCUT2D eigenvalue weighted by atomic mass is 10.1. The number of hydrogen-bond donors (Lipinski definition) is 0. The molecule has 2 aromatic carbocycles. The van der Waals surface area contributed by atoms with Crippen LogP contribution in [0.3, 0.4) is 0 Å². The van der Waals surface area contributed by atoms with Gasteiger partial charge in [0, 0.05) is 33.0 Å². The van der Waals surface area contributed by atoms with E-state index in [1.54, 1.807) is 49.1 Å². The van der Waals surface area contributed by atoms with E-state index < -0.39 is 6.04 Å². The molecule has 2 amide bonds. The minimum absolute atomic E-state index is 0.0362. The van der Waals surface area contributed by atoms with Crippen LogP contribution in [0, 0.1) is 0 Å². The zero-order chi connectivity index (χ0) is 19.4. The molecule has 0 aliphatic rings. The number of rotatable bonds is 6. The molecule has 27 heavy (non-hydrogen) atoms. The number of amides is 2. The maximum absolute atomic E-state index is 12.5. The van der Waals surface area contributed by atoms with Gasteiger partial charge in [-0.15, -0.1) is 0 Å². The van der Waals surface area contributed by atoms with Crippen molar-refractivity contribution in [3.8, 4) is 0 Å². The summed E-state index contributed by atoms with van der Waals surface area (Å²) in [7, 11) is 3.40. The van der Waals surface area contributed by atoms with E-state index in [1.165, 1.54) is 10.3 Å². The lowest BCUT2D eigenvalue weighted by Crippen LogP contribution is -2.41. The van der Waals surface area contributed by atoms with E-state index in [9.17, 15) is 9.59 Å². The smallest absolute Gasteiger partial charge is 0.247 e. The van der Waals surface area contributed by atoms with Gasteiger partial charge < -0.3 is 9.80 Å². The van der Waals surface area contributed by atoms with Crippen molar-refractivity contribution in [3.63, 3.8) is 0 Å². The van der Waals surface area contributed by atoms with Gasteiger partial charge in [0.05, 0.1) is 6.54 Å². The maximum atomic E-state index is 12.5. The molecule has 6 heteroatoms. The topological polar surface area (TPSA) is 58.4 Å². The second kappa shape index (κ2) is 8.03. The van der Waals surface area contributed by atoms with Crippen LogP contribution in [-0.2, 0) is 16.1 Å². The Morgan fingerprint density at radius 2 is 1.78 bits per heavy atom. The van der Waals surface area contributed by atoms with Gasteiger partial charge in [-0.25, -0.2) is 0 Å². The third kappa shape index (κ3) is 4.34. The van der Waals surface area contributed by atoms with Gasteiger partial charge in [-0.1, -0.05) is 36.4 Å². The minimum atomic E-state index is -0.441. The van der Waals surface area contributed by atoms with Crippen LogP contribution in [0.5, 0.6) is 0 Å². The van der Waals surface area contributed by atoms with Crippen molar-refractivity contribution < 1.29 is 9.59 Å². The molecule has 140 valence electrons. The summed E-state index contributed by atoms with van der Waals surface area (Å²) in [5.74, 6) is -0.252. The number of likely N-dealkylation sites (N-methyl/N-ethyl adjacent to an activating group) is 2. The normalized spacial score (nSPS) is 12.0. The van der Waals surface area contributed by atoms with Gasteiger partial charge in [0.15, 0.2) is 0 Å². The summed E-state index contributed by atoms with van der Waals surface area (Å²) in [6.45, 7) is 2.31. The van der Waals surface area contributed by atoms with Crippen LogP contribution in [-0.4, -0.2) is 52.0 Å². The van der Waals surface area contributed by atoms with Crippen LogP contribution in [0.4, 0.5) is 0 Å². The van der Waals surface area contributed by atoms with Crippen molar-refractivity contribution >= 4 is 22.6 Å². The minimum Gasteiger partial charge on any atom is -0.340 e. The first-order valence-electron chi connectivity index (χ1n) is 8.91. The highest BCUT2D eigenvalue weighted by molar-refractivity contribution is 5.86. The van der Waals surface area contributed by atoms with E-state index in [-0.39, 0.29) is 18.4 Å². The van der Waals surface area contributed by atoms with Gasteiger partial charge in [0.25, 0.3) is 0 Å². The third-order valence-electron chi connectivity index (χ3n) is 4.69. The molecule has 3 rings (SSSR count). The van der Waals surface area contributed by atoms with Crippen molar-refractivity contribution in [2.24, 2.45) is 0 Å². The van der Waals surface area contributed by atoms with Gasteiger partial charge in [-0.05, 0) is 35.4 Å². The van der Waals surface area contributed by atoms with Crippen LogP contribution in [0.25, 0.3) is 10.8 Å². The number of aromatic nitrogens is 2. The van der Waals surface area contributed by atoms with Crippen LogP contribution in [0.1, 0.15) is 18.5 Å². The average molecular weight is 364 g/mol. The molecule has 0 spiro atoms. The number of fused-ring (bicyclic) bond motifs is 1. The Morgan fingerprint density at radius 1 is 1.04 bits per heavy atom. The van der Waals surface area contributed by atoms with E-state index in [2.05, 4.69) is 29.4 Å². The van der Waals surface area contributed by atoms with Crippen molar-refractivity contribution in [2.45, 2.75) is 19.5 Å². The first-order valence-corrected chi connectivity index (χ1v) is 8.91. The first-order chi connectivity index (χ1) is 13.0. The van der Waals surface area contributed by atoms with Crippen molar-refractivity contribution in [1.82, 2.24) is 19.6 Å². The Kier molecular flexibility index (Phi) is 5.54. The highest BCUT2D eigenvalue weighted by Crippen LogP contribution is 2.16. The second-order valence-corrected chi connectivity index (χ2v) is 6.79. The zero-order valence-corrected chi connectivity index (χ0v) is 15.9. The molecule has 0 saturated carbocycles. The quantitative estimate of drug-likeness (QED) is 0.676. The molecule has 0 radical (unpaired) electrons. The number of nitrogens with zero attached hydrogens (tertiary/aromatic N) is 4. The van der Waals surface area contributed by atoms with Gasteiger partial charge in [0.2, 0.25) is 11.8 Å². The van der Waals surface area contributed by atoms with Crippen LogP contribution in [0.2, 0.25) is 0 Å². The zero-order valence-electron chi connectivity index (χ0n) is 15.9. The summed E-state index contributed by atoms with van der Waals surface area (Å²) < 4.78 is 1.59. The molecule has 0 saturated heterocycles.